The summed E-state index contributed by atoms with van der Waals surface area (Å²) >= 11 is 1.00. The lowest BCUT2D eigenvalue weighted by molar-refractivity contribution is -0.0501. The minimum Gasteiger partial charge on any atom is -0.459 e. The highest BCUT2D eigenvalue weighted by atomic mass is 32.2. The van der Waals surface area contributed by atoms with Crippen LogP contribution in [0.3, 0.4) is 0 Å². The van der Waals surface area contributed by atoms with Gasteiger partial charge in [0.2, 0.25) is 0 Å². The molecule has 1 aromatic carbocycles. The van der Waals surface area contributed by atoms with E-state index in [1.54, 1.807) is 25.1 Å². The normalized spacial score (nSPS) is 11.0. The SMILES string of the molecule is Cc1ccc(OC(F)F)c(C(=O)CSc2nnc(-c3ccco3)o2)c1. The first-order valence-corrected chi connectivity index (χ1v) is 8.10. The maximum absolute atomic E-state index is 12.5. The maximum atomic E-state index is 12.5. The average Bonchev–Trinajstić information content (AvgIpc) is 3.25. The van der Waals surface area contributed by atoms with E-state index in [0.717, 1.165) is 17.3 Å². The van der Waals surface area contributed by atoms with Crippen molar-refractivity contribution in [1.29, 1.82) is 0 Å². The van der Waals surface area contributed by atoms with E-state index in [4.69, 9.17) is 8.83 Å². The van der Waals surface area contributed by atoms with E-state index in [2.05, 4.69) is 14.9 Å². The summed E-state index contributed by atoms with van der Waals surface area (Å²) in [6.45, 7) is -1.25. The highest BCUT2D eigenvalue weighted by Gasteiger charge is 2.18. The number of thioether (sulfide) groups is 1. The monoisotopic (exact) mass is 366 g/mol. The lowest BCUT2D eigenvalue weighted by Crippen LogP contribution is -2.10. The highest BCUT2D eigenvalue weighted by molar-refractivity contribution is 7.99. The number of furan rings is 1. The van der Waals surface area contributed by atoms with E-state index in [1.807, 2.05) is 0 Å². The van der Waals surface area contributed by atoms with Crippen molar-refractivity contribution in [1.82, 2.24) is 10.2 Å². The molecule has 0 bridgehead atoms. The summed E-state index contributed by atoms with van der Waals surface area (Å²) in [6, 6.07) is 7.78. The second-order valence-electron chi connectivity index (χ2n) is 4.94. The Hall–Kier alpha value is -2.68. The Morgan fingerprint density at radius 1 is 1.32 bits per heavy atom. The number of hydrogen-bond acceptors (Lipinski definition) is 7. The van der Waals surface area contributed by atoms with Crippen LogP contribution in [0.5, 0.6) is 5.75 Å². The first-order valence-electron chi connectivity index (χ1n) is 7.12. The number of nitrogens with zero attached hydrogens (tertiary/aromatic N) is 2. The van der Waals surface area contributed by atoms with Crippen LogP contribution in [-0.4, -0.2) is 28.3 Å². The molecular weight excluding hydrogens is 354 g/mol. The minimum atomic E-state index is -3.01. The Morgan fingerprint density at radius 2 is 2.16 bits per heavy atom. The number of carbonyl (C=O) groups is 1. The van der Waals surface area contributed by atoms with Gasteiger partial charge in [-0.3, -0.25) is 4.79 Å². The molecule has 0 aliphatic carbocycles. The van der Waals surface area contributed by atoms with Gasteiger partial charge in [-0.25, -0.2) is 0 Å². The van der Waals surface area contributed by atoms with E-state index in [9.17, 15) is 13.6 Å². The van der Waals surface area contributed by atoms with Crippen LogP contribution in [0.25, 0.3) is 11.7 Å². The Kier molecular flexibility index (Phi) is 5.13. The molecule has 2 heterocycles. The van der Waals surface area contributed by atoms with Gasteiger partial charge in [-0.1, -0.05) is 23.4 Å². The summed E-state index contributed by atoms with van der Waals surface area (Å²) < 4.78 is 39.9. The summed E-state index contributed by atoms with van der Waals surface area (Å²) in [5.41, 5.74) is 0.839. The fourth-order valence-corrected chi connectivity index (χ4v) is 2.68. The standard InChI is InChI=1S/C16H12F2N2O4S/c1-9-4-5-12(23-15(17)18)10(7-9)11(21)8-25-16-20-19-14(24-16)13-3-2-6-22-13/h2-7,15H,8H2,1H3. The number of benzene rings is 1. The number of carbonyl (C=O) groups excluding carboxylic acids is 1. The Balaban J connectivity index is 1.69. The molecule has 0 aliphatic rings. The summed E-state index contributed by atoms with van der Waals surface area (Å²) in [5.74, 6) is -0.00708. The molecule has 3 rings (SSSR count). The van der Waals surface area contributed by atoms with E-state index in [0.29, 0.717) is 5.76 Å². The molecule has 9 heteroatoms. The minimum absolute atomic E-state index is 0.0666. The number of halogens is 2. The van der Waals surface area contributed by atoms with Crippen molar-refractivity contribution in [3.63, 3.8) is 0 Å². The molecule has 0 unspecified atom stereocenters. The quantitative estimate of drug-likeness (QED) is 0.458. The number of aromatic nitrogens is 2. The molecule has 6 nitrogen and oxygen atoms in total. The zero-order chi connectivity index (χ0) is 17.8. The van der Waals surface area contributed by atoms with E-state index < -0.39 is 6.61 Å². The number of Topliss-reactive ketones (excluding diaryl/α,β-unsaturated/α-hetero) is 1. The fraction of sp³-hybridized carbons (Fsp3) is 0.188. The molecule has 25 heavy (non-hydrogen) atoms. The molecule has 0 saturated heterocycles. The van der Waals surface area contributed by atoms with Crippen molar-refractivity contribution < 1.29 is 27.1 Å². The van der Waals surface area contributed by atoms with Crippen LogP contribution in [0.4, 0.5) is 8.78 Å². The van der Waals surface area contributed by atoms with Crippen molar-refractivity contribution in [3.05, 3.63) is 47.7 Å². The Bertz CT molecular complexity index is 865. The molecule has 0 radical (unpaired) electrons. The second-order valence-corrected chi connectivity index (χ2v) is 5.87. The summed E-state index contributed by atoms with van der Waals surface area (Å²) in [4.78, 5) is 12.4. The predicted octanol–water partition coefficient (Wildman–Crippen LogP) is 4.21. The molecule has 0 amide bonds. The molecule has 0 fully saturated rings. The van der Waals surface area contributed by atoms with Gasteiger partial charge >= 0.3 is 6.61 Å². The first kappa shape index (κ1) is 17.2. The molecule has 2 aromatic heterocycles. The van der Waals surface area contributed by atoms with Gasteiger partial charge in [0, 0.05) is 0 Å². The molecule has 3 aromatic rings. The fourth-order valence-electron chi connectivity index (χ4n) is 2.03. The van der Waals surface area contributed by atoms with Gasteiger partial charge in [0.25, 0.3) is 11.1 Å². The number of alkyl halides is 2. The van der Waals surface area contributed by atoms with Crippen LogP contribution >= 0.6 is 11.8 Å². The number of rotatable bonds is 7. The summed E-state index contributed by atoms with van der Waals surface area (Å²) in [6.07, 6.45) is 1.47. The summed E-state index contributed by atoms with van der Waals surface area (Å²) in [5, 5.41) is 7.79. The molecule has 0 atom stereocenters. The molecular formula is C16H12F2N2O4S. The van der Waals surface area contributed by atoms with Crippen LogP contribution in [0.1, 0.15) is 15.9 Å². The number of aryl methyl sites for hydroxylation is 1. The number of ether oxygens (including phenoxy) is 1. The lowest BCUT2D eigenvalue weighted by atomic mass is 10.1. The number of hydrogen-bond donors (Lipinski definition) is 0. The van der Waals surface area contributed by atoms with Gasteiger partial charge < -0.3 is 13.6 Å². The van der Waals surface area contributed by atoms with Crippen molar-refractivity contribution in [3.8, 4) is 17.4 Å². The van der Waals surface area contributed by atoms with Gasteiger partial charge in [-0.2, -0.15) is 8.78 Å². The molecule has 130 valence electrons. The highest BCUT2D eigenvalue weighted by Crippen LogP contribution is 2.27. The van der Waals surface area contributed by atoms with Crippen molar-refractivity contribution in [2.45, 2.75) is 18.8 Å². The topological polar surface area (TPSA) is 78.4 Å². The first-order chi connectivity index (χ1) is 12.0. The van der Waals surface area contributed by atoms with Crippen molar-refractivity contribution in [2.75, 3.05) is 5.75 Å². The van der Waals surface area contributed by atoms with Gasteiger partial charge in [0.15, 0.2) is 11.5 Å². The van der Waals surface area contributed by atoms with Gasteiger partial charge in [0.05, 0.1) is 17.6 Å². The van der Waals surface area contributed by atoms with E-state index >= 15 is 0 Å². The van der Waals surface area contributed by atoms with E-state index in [1.165, 1.54) is 18.4 Å². The Morgan fingerprint density at radius 3 is 2.88 bits per heavy atom. The average molecular weight is 366 g/mol. The van der Waals surface area contributed by atoms with Gasteiger partial charge in [-0.05, 0) is 31.2 Å². The van der Waals surface area contributed by atoms with Crippen molar-refractivity contribution >= 4 is 17.5 Å². The molecule has 0 spiro atoms. The third-order valence-corrected chi connectivity index (χ3v) is 3.94. The predicted molar refractivity (Wildman–Crippen MR) is 84.9 cm³/mol. The Labute approximate surface area is 145 Å². The summed E-state index contributed by atoms with van der Waals surface area (Å²) in [7, 11) is 0. The smallest absolute Gasteiger partial charge is 0.387 e. The molecule has 0 saturated carbocycles. The van der Waals surface area contributed by atoms with Gasteiger partial charge in [-0.15, -0.1) is 10.2 Å². The van der Waals surface area contributed by atoms with Crippen molar-refractivity contribution in [2.24, 2.45) is 0 Å². The van der Waals surface area contributed by atoms with E-state index in [-0.39, 0.29) is 34.0 Å². The lowest BCUT2D eigenvalue weighted by Gasteiger charge is -2.10. The zero-order valence-electron chi connectivity index (χ0n) is 12.9. The van der Waals surface area contributed by atoms with Gasteiger partial charge in [0.1, 0.15) is 5.75 Å². The van der Waals surface area contributed by atoms with Crippen LogP contribution < -0.4 is 4.74 Å². The maximum Gasteiger partial charge on any atom is 0.387 e. The number of ketones is 1. The van der Waals surface area contributed by atoms with Crippen LogP contribution in [-0.2, 0) is 0 Å². The largest absolute Gasteiger partial charge is 0.459 e. The van der Waals surface area contributed by atoms with Crippen LogP contribution in [0.2, 0.25) is 0 Å². The molecule has 0 aliphatic heterocycles. The zero-order valence-corrected chi connectivity index (χ0v) is 13.8. The van der Waals surface area contributed by atoms with Crippen LogP contribution in [0, 0.1) is 6.92 Å². The third-order valence-electron chi connectivity index (χ3n) is 3.12. The third kappa shape index (κ3) is 4.24. The second kappa shape index (κ2) is 7.47. The molecule has 0 N–H and O–H groups in total. The van der Waals surface area contributed by atoms with Crippen LogP contribution in [0.15, 0.2) is 50.7 Å².